The third-order valence-corrected chi connectivity index (χ3v) is 3.33. The van der Waals surface area contributed by atoms with Crippen LogP contribution in [0.5, 0.6) is 5.88 Å². The van der Waals surface area contributed by atoms with Crippen molar-refractivity contribution in [2.24, 2.45) is 0 Å². The van der Waals surface area contributed by atoms with Crippen molar-refractivity contribution in [1.29, 1.82) is 0 Å². The van der Waals surface area contributed by atoms with Crippen molar-refractivity contribution in [2.45, 2.75) is 45.8 Å². The first-order valence-electron chi connectivity index (χ1n) is 6.62. The number of ether oxygens (including phenoxy) is 2. The largest absolute Gasteiger partial charge is 0.474 e. The van der Waals surface area contributed by atoms with Crippen LogP contribution >= 0.6 is 15.9 Å². The van der Waals surface area contributed by atoms with Gasteiger partial charge in [-0.1, -0.05) is 6.92 Å². The number of fused-ring (bicyclic) bond motifs is 1. The lowest BCUT2D eigenvalue weighted by Crippen LogP contribution is -2.48. The Morgan fingerprint density at radius 1 is 1.60 bits per heavy atom. The van der Waals surface area contributed by atoms with Crippen molar-refractivity contribution < 1.29 is 14.3 Å². The molecular weight excluding hydrogens is 324 g/mol. The van der Waals surface area contributed by atoms with Gasteiger partial charge in [-0.05, 0) is 49.2 Å². The maximum Gasteiger partial charge on any atom is 0.415 e. The topological polar surface area (TPSA) is 51.7 Å². The van der Waals surface area contributed by atoms with Gasteiger partial charge in [0.05, 0.1) is 6.04 Å². The molecule has 1 aromatic rings. The quantitative estimate of drug-likeness (QED) is 0.779. The second-order valence-electron chi connectivity index (χ2n) is 5.70. The second-order valence-corrected chi connectivity index (χ2v) is 6.62. The molecule has 6 heteroatoms. The maximum atomic E-state index is 12.5. The van der Waals surface area contributed by atoms with E-state index in [1.165, 1.54) is 0 Å². The SMILES string of the molecule is CC[C@H]1COc2ncc(Br)cc2N1C(=O)OC(C)(C)C. The average Bonchev–Trinajstić information content (AvgIpc) is 2.34. The van der Waals surface area contributed by atoms with Crippen molar-refractivity contribution >= 4 is 27.7 Å². The average molecular weight is 343 g/mol. The summed E-state index contributed by atoms with van der Waals surface area (Å²) in [6, 6.07) is 1.78. The Labute approximate surface area is 127 Å². The normalized spacial score (nSPS) is 18.2. The molecule has 0 saturated heterocycles. The molecule has 1 atom stereocenters. The minimum Gasteiger partial charge on any atom is -0.474 e. The van der Waals surface area contributed by atoms with Gasteiger partial charge in [-0.3, -0.25) is 4.90 Å². The Morgan fingerprint density at radius 3 is 2.90 bits per heavy atom. The highest BCUT2D eigenvalue weighted by Crippen LogP contribution is 2.35. The fraction of sp³-hybridized carbons (Fsp3) is 0.571. The van der Waals surface area contributed by atoms with E-state index in [-0.39, 0.29) is 12.1 Å². The molecule has 0 aliphatic carbocycles. The molecule has 0 aromatic carbocycles. The summed E-state index contributed by atoms with van der Waals surface area (Å²) in [7, 11) is 0. The number of hydrogen-bond acceptors (Lipinski definition) is 4. The molecule has 110 valence electrons. The lowest BCUT2D eigenvalue weighted by Gasteiger charge is -2.36. The molecule has 2 heterocycles. The van der Waals surface area contributed by atoms with Crippen LogP contribution in [-0.2, 0) is 4.74 Å². The number of carbonyl (C=O) groups is 1. The highest BCUT2D eigenvalue weighted by atomic mass is 79.9. The predicted molar refractivity (Wildman–Crippen MR) is 80.2 cm³/mol. The fourth-order valence-corrected chi connectivity index (χ4v) is 2.32. The van der Waals surface area contributed by atoms with E-state index in [0.717, 1.165) is 10.9 Å². The molecule has 1 aromatic heterocycles. The molecule has 0 fully saturated rings. The standard InChI is InChI=1S/C14H19BrN2O3/c1-5-10-8-19-12-11(6-9(15)7-16-12)17(10)13(18)20-14(2,3)4/h6-7,10H,5,8H2,1-4H3/t10-/m0/s1. The third-order valence-electron chi connectivity index (χ3n) is 2.90. The van der Waals surface area contributed by atoms with Gasteiger partial charge >= 0.3 is 6.09 Å². The molecule has 1 aliphatic heterocycles. The molecule has 5 nitrogen and oxygen atoms in total. The summed E-state index contributed by atoms with van der Waals surface area (Å²) >= 11 is 3.37. The summed E-state index contributed by atoms with van der Waals surface area (Å²) in [5.74, 6) is 0.462. The van der Waals surface area contributed by atoms with Crippen molar-refractivity contribution in [3.05, 3.63) is 16.7 Å². The van der Waals surface area contributed by atoms with Gasteiger partial charge < -0.3 is 9.47 Å². The van der Waals surface area contributed by atoms with Crippen LogP contribution in [-0.4, -0.2) is 29.3 Å². The molecule has 0 saturated carbocycles. The van der Waals surface area contributed by atoms with Crippen LogP contribution in [0, 0.1) is 0 Å². The van der Waals surface area contributed by atoms with Crippen LogP contribution in [0.15, 0.2) is 16.7 Å². The van der Waals surface area contributed by atoms with Gasteiger partial charge in [-0.15, -0.1) is 0 Å². The molecule has 0 bridgehead atoms. The zero-order valence-corrected chi connectivity index (χ0v) is 13.7. The van der Waals surface area contributed by atoms with Crippen LogP contribution in [0.4, 0.5) is 10.5 Å². The van der Waals surface area contributed by atoms with E-state index in [2.05, 4.69) is 20.9 Å². The number of hydrogen-bond donors (Lipinski definition) is 0. The van der Waals surface area contributed by atoms with Gasteiger partial charge in [0.1, 0.15) is 17.9 Å². The monoisotopic (exact) mass is 342 g/mol. The number of anilines is 1. The first kappa shape index (κ1) is 15.1. The predicted octanol–water partition coefficient (Wildman–Crippen LogP) is 3.76. The van der Waals surface area contributed by atoms with Crippen LogP contribution < -0.4 is 9.64 Å². The highest BCUT2D eigenvalue weighted by Gasteiger charge is 2.35. The lowest BCUT2D eigenvalue weighted by atomic mass is 10.1. The molecule has 0 N–H and O–H groups in total. The lowest BCUT2D eigenvalue weighted by molar-refractivity contribution is 0.0540. The summed E-state index contributed by atoms with van der Waals surface area (Å²) in [6.45, 7) is 8.00. The van der Waals surface area contributed by atoms with Gasteiger partial charge in [0.25, 0.3) is 0 Å². The van der Waals surface area contributed by atoms with E-state index < -0.39 is 5.60 Å². The minimum absolute atomic E-state index is 0.0477. The zero-order valence-electron chi connectivity index (χ0n) is 12.1. The Bertz CT molecular complexity index is 514. The second kappa shape index (κ2) is 5.60. The Balaban J connectivity index is 2.37. The van der Waals surface area contributed by atoms with Crippen molar-refractivity contribution in [3.63, 3.8) is 0 Å². The molecule has 20 heavy (non-hydrogen) atoms. The minimum atomic E-state index is -0.534. The van der Waals surface area contributed by atoms with E-state index in [1.807, 2.05) is 33.8 Å². The van der Waals surface area contributed by atoms with Crippen LogP contribution in [0.3, 0.4) is 0 Å². The maximum absolute atomic E-state index is 12.5. The van der Waals surface area contributed by atoms with E-state index in [1.54, 1.807) is 11.1 Å². The number of carbonyl (C=O) groups excluding carboxylic acids is 1. The molecule has 0 spiro atoms. The molecule has 0 unspecified atom stereocenters. The number of amides is 1. The first-order chi connectivity index (χ1) is 9.31. The van der Waals surface area contributed by atoms with Gasteiger partial charge in [0.2, 0.25) is 5.88 Å². The van der Waals surface area contributed by atoms with Crippen molar-refractivity contribution in [2.75, 3.05) is 11.5 Å². The zero-order chi connectivity index (χ0) is 14.9. The number of pyridine rings is 1. The van der Waals surface area contributed by atoms with Crippen molar-refractivity contribution in [3.8, 4) is 5.88 Å². The summed E-state index contributed by atoms with van der Waals surface area (Å²) in [5.41, 5.74) is 0.111. The number of aromatic nitrogens is 1. The van der Waals surface area contributed by atoms with Crippen molar-refractivity contribution in [1.82, 2.24) is 4.98 Å². The van der Waals surface area contributed by atoms with Crippen LogP contribution in [0.25, 0.3) is 0 Å². The van der Waals surface area contributed by atoms with E-state index in [0.29, 0.717) is 18.2 Å². The Kier molecular flexibility index (Phi) is 4.22. The fourth-order valence-electron chi connectivity index (χ4n) is 2.01. The summed E-state index contributed by atoms with van der Waals surface area (Å²) in [4.78, 5) is 18.3. The van der Waals surface area contributed by atoms with E-state index in [4.69, 9.17) is 9.47 Å². The summed E-state index contributed by atoms with van der Waals surface area (Å²) < 4.78 is 11.9. The van der Waals surface area contributed by atoms with Gasteiger partial charge in [-0.25, -0.2) is 9.78 Å². The molecule has 1 aliphatic rings. The smallest absolute Gasteiger partial charge is 0.415 e. The van der Waals surface area contributed by atoms with E-state index >= 15 is 0 Å². The Morgan fingerprint density at radius 2 is 2.30 bits per heavy atom. The molecule has 2 rings (SSSR count). The summed E-state index contributed by atoms with van der Waals surface area (Å²) in [6.07, 6.45) is 2.07. The third kappa shape index (κ3) is 3.23. The van der Waals surface area contributed by atoms with E-state index in [9.17, 15) is 4.79 Å². The van der Waals surface area contributed by atoms with Gasteiger partial charge in [-0.2, -0.15) is 0 Å². The number of rotatable bonds is 1. The van der Waals surface area contributed by atoms with Gasteiger partial charge in [0, 0.05) is 10.7 Å². The number of halogens is 1. The summed E-state index contributed by atoms with van der Waals surface area (Å²) in [5, 5.41) is 0. The molecular formula is C14H19BrN2O3. The first-order valence-corrected chi connectivity index (χ1v) is 7.41. The van der Waals surface area contributed by atoms with Crippen LogP contribution in [0.1, 0.15) is 34.1 Å². The van der Waals surface area contributed by atoms with Crippen LogP contribution in [0.2, 0.25) is 0 Å². The number of nitrogens with zero attached hydrogens (tertiary/aromatic N) is 2. The van der Waals surface area contributed by atoms with Gasteiger partial charge in [0.15, 0.2) is 0 Å². The molecule has 0 radical (unpaired) electrons. The Hall–Kier alpha value is -1.30. The highest BCUT2D eigenvalue weighted by molar-refractivity contribution is 9.10. The molecule has 1 amide bonds.